The van der Waals surface area contributed by atoms with Crippen LogP contribution in [0.15, 0.2) is 30.3 Å². The smallest absolute Gasteiger partial charge is 0.216 e. The van der Waals surface area contributed by atoms with E-state index < -0.39 is 0 Å². The first-order valence-electron chi connectivity index (χ1n) is 5.45. The van der Waals surface area contributed by atoms with Crippen molar-refractivity contribution in [2.75, 3.05) is 20.2 Å². The molecule has 0 fully saturated rings. The zero-order chi connectivity index (χ0) is 11.4. The standard InChI is InChI=1S/C13H16N2O/c1-10-9-11-5-3-4-6-12(11)15-13(10)16-8-7-14-2/h3-6,9,14H,7-8H2,1-2H3. The fraction of sp³-hybridized carbons (Fsp3) is 0.308. The molecule has 0 spiro atoms. The van der Waals surface area contributed by atoms with Gasteiger partial charge in [-0.05, 0) is 26.1 Å². The zero-order valence-corrected chi connectivity index (χ0v) is 9.66. The average Bonchev–Trinajstić information content (AvgIpc) is 2.30. The van der Waals surface area contributed by atoms with Crippen LogP contribution < -0.4 is 10.1 Å². The molecule has 0 radical (unpaired) electrons. The van der Waals surface area contributed by atoms with Gasteiger partial charge in [-0.15, -0.1) is 0 Å². The number of fused-ring (bicyclic) bond motifs is 1. The molecule has 0 saturated carbocycles. The summed E-state index contributed by atoms with van der Waals surface area (Å²) in [5.41, 5.74) is 2.06. The van der Waals surface area contributed by atoms with Gasteiger partial charge in [-0.1, -0.05) is 18.2 Å². The van der Waals surface area contributed by atoms with E-state index in [1.807, 2.05) is 32.2 Å². The number of benzene rings is 1. The van der Waals surface area contributed by atoms with Gasteiger partial charge in [-0.25, -0.2) is 4.98 Å². The van der Waals surface area contributed by atoms with Gasteiger partial charge in [-0.3, -0.25) is 0 Å². The fourth-order valence-corrected chi connectivity index (χ4v) is 1.60. The van der Waals surface area contributed by atoms with Crippen LogP contribution in [0.5, 0.6) is 5.88 Å². The maximum Gasteiger partial charge on any atom is 0.216 e. The number of hydrogen-bond donors (Lipinski definition) is 1. The SMILES string of the molecule is CNCCOc1nc2ccccc2cc1C. The van der Waals surface area contributed by atoms with E-state index in [0.29, 0.717) is 6.61 Å². The van der Waals surface area contributed by atoms with E-state index in [4.69, 9.17) is 4.74 Å². The summed E-state index contributed by atoms with van der Waals surface area (Å²) in [7, 11) is 1.91. The largest absolute Gasteiger partial charge is 0.476 e. The normalized spacial score (nSPS) is 10.6. The summed E-state index contributed by atoms with van der Waals surface area (Å²) in [6.45, 7) is 3.49. The van der Waals surface area contributed by atoms with Gasteiger partial charge in [0.25, 0.3) is 0 Å². The third-order valence-corrected chi connectivity index (χ3v) is 2.46. The number of hydrogen-bond acceptors (Lipinski definition) is 3. The van der Waals surface area contributed by atoms with Crippen LogP contribution in [0.1, 0.15) is 5.56 Å². The summed E-state index contributed by atoms with van der Waals surface area (Å²) in [5.74, 6) is 0.731. The molecule has 84 valence electrons. The molecule has 16 heavy (non-hydrogen) atoms. The molecule has 0 amide bonds. The number of nitrogens with one attached hydrogen (secondary N) is 1. The third-order valence-electron chi connectivity index (χ3n) is 2.46. The van der Waals surface area contributed by atoms with Crippen LogP contribution >= 0.6 is 0 Å². The lowest BCUT2D eigenvalue weighted by Crippen LogP contribution is -2.16. The van der Waals surface area contributed by atoms with Gasteiger partial charge in [-0.2, -0.15) is 0 Å². The predicted molar refractivity (Wildman–Crippen MR) is 65.9 cm³/mol. The summed E-state index contributed by atoms with van der Waals surface area (Å²) in [6, 6.07) is 10.2. The molecule has 0 unspecified atom stereocenters. The molecule has 1 aromatic heterocycles. The lowest BCUT2D eigenvalue weighted by atomic mass is 10.2. The second-order valence-corrected chi connectivity index (χ2v) is 3.76. The Balaban J connectivity index is 2.27. The molecule has 0 atom stereocenters. The molecular weight excluding hydrogens is 200 g/mol. The molecule has 3 nitrogen and oxygen atoms in total. The summed E-state index contributed by atoms with van der Waals surface area (Å²) >= 11 is 0. The number of aromatic nitrogens is 1. The van der Waals surface area contributed by atoms with E-state index in [2.05, 4.69) is 22.4 Å². The number of aryl methyl sites for hydroxylation is 1. The molecule has 3 heteroatoms. The third kappa shape index (κ3) is 2.31. The van der Waals surface area contributed by atoms with Crippen molar-refractivity contribution >= 4 is 10.9 Å². The van der Waals surface area contributed by atoms with Gasteiger partial charge in [0.2, 0.25) is 5.88 Å². The average molecular weight is 216 g/mol. The molecule has 0 bridgehead atoms. The van der Waals surface area contributed by atoms with Crippen molar-refractivity contribution < 1.29 is 4.74 Å². The van der Waals surface area contributed by atoms with Crippen LogP contribution in [0.25, 0.3) is 10.9 Å². The molecule has 0 saturated heterocycles. The Morgan fingerprint density at radius 3 is 2.94 bits per heavy atom. The number of para-hydroxylation sites is 1. The van der Waals surface area contributed by atoms with Crippen LogP contribution in [0, 0.1) is 6.92 Å². The van der Waals surface area contributed by atoms with Gasteiger partial charge < -0.3 is 10.1 Å². The number of nitrogens with zero attached hydrogens (tertiary/aromatic N) is 1. The maximum atomic E-state index is 5.61. The molecular formula is C13H16N2O. The molecule has 2 aromatic rings. The lowest BCUT2D eigenvalue weighted by molar-refractivity contribution is 0.305. The summed E-state index contributed by atoms with van der Waals surface area (Å²) in [6.07, 6.45) is 0. The molecule has 1 heterocycles. The highest BCUT2D eigenvalue weighted by Gasteiger charge is 2.03. The molecule has 0 aliphatic carbocycles. The van der Waals surface area contributed by atoms with Crippen LogP contribution in [-0.4, -0.2) is 25.2 Å². The fourth-order valence-electron chi connectivity index (χ4n) is 1.60. The number of rotatable bonds is 4. The summed E-state index contributed by atoms with van der Waals surface area (Å²) in [4.78, 5) is 4.50. The molecule has 1 N–H and O–H groups in total. The van der Waals surface area contributed by atoms with E-state index >= 15 is 0 Å². The molecule has 0 aliphatic rings. The predicted octanol–water partition coefficient (Wildman–Crippen LogP) is 2.14. The summed E-state index contributed by atoms with van der Waals surface area (Å²) < 4.78 is 5.61. The quantitative estimate of drug-likeness (QED) is 0.795. The van der Waals surface area contributed by atoms with Gasteiger partial charge in [0, 0.05) is 17.5 Å². The molecule has 1 aromatic carbocycles. The van der Waals surface area contributed by atoms with Crippen molar-refractivity contribution in [3.8, 4) is 5.88 Å². The Morgan fingerprint density at radius 2 is 2.12 bits per heavy atom. The van der Waals surface area contributed by atoms with Crippen molar-refractivity contribution in [1.82, 2.24) is 10.3 Å². The first-order valence-corrected chi connectivity index (χ1v) is 5.45. The van der Waals surface area contributed by atoms with E-state index in [1.54, 1.807) is 0 Å². The number of likely N-dealkylation sites (N-methyl/N-ethyl adjacent to an activating group) is 1. The first-order chi connectivity index (χ1) is 7.81. The van der Waals surface area contributed by atoms with E-state index in [-0.39, 0.29) is 0 Å². The van der Waals surface area contributed by atoms with Crippen LogP contribution in [0.3, 0.4) is 0 Å². The highest BCUT2D eigenvalue weighted by atomic mass is 16.5. The summed E-state index contributed by atoms with van der Waals surface area (Å²) in [5, 5.41) is 4.20. The first kappa shape index (κ1) is 10.9. The number of pyridine rings is 1. The Kier molecular flexibility index (Phi) is 3.37. The van der Waals surface area contributed by atoms with Crippen molar-refractivity contribution in [1.29, 1.82) is 0 Å². The van der Waals surface area contributed by atoms with Crippen LogP contribution in [0.4, 0.5) is 0 Å². The van der Waals surface area contributed by atoms with Crippen molar-refractivity contribution in [3.63, 3.8) is 0 Å². The van der Waals surface area contributed by atoms with Crippen molar-refractivity contribution in [3.05, 3.63) is 35.9 Å². The van der Waals surface area contributed by atoms with Gasteiger partial charge >= 0.3 is 0 Å². The zero-order valence-electron chi connectivity index (χ0n) is 9.66. The minimum absolute atomic E-state index is 0.642. The van der Waals surface area contributed by atoms with E-state index in [9.17, 15) is 0 Å². The second kappa shape index (κ2) is 4.94. The lowest BCUT2D eigenvalue weighted by Gasteiger charge is -2.08. The van der Waals surface area contributed by atoms with Gasteiger partial charge in [0.15, 0.2) is 0 Å². The monoisotopic (exact) mass is 216 g/mol. The Bertz CT molecular complexity index is 482. The highest BCUT2D eigenvalue weighted by molar-refractivity contribution is 5.79. The maximum absolute atomic E-state index is 5.61. The molecule has 2 rings (SSSR count). The number of ether oxygens (including phenoxy) is 1. The van der Waals surface area contributed by atoms with Gasteiger partial charge in [0.1, 0.15) is 6.61 Å². The van der Waals surface area contributed by atoms with Crippen molar-refractivity contribution in [2.45, 2.75) is 6.92 Å². The van der Waals surface area contributed by atoms with Crippen molar-refractivity contribution in [2.24, 2.45) is 0 Å². The van der Waals surface area contributed by atoms with Gasteiger partial charge in [0.05, 0.1) is 5.52 Å². The Labute approximate surface area is 95.5 Å². The minimum Gasteiger partial charge on any atom is -0.476 e. The van der Waals surface area contributed by atoms with E-state index in [0.717, 1.165) is 28.9 Å². The Hall–Kier alpha value is -1.61. The molecule has 0 aliphatic heterocycles. The highest BCUT2D eigenvalue weighted by Crippen LogP contribution is 2.20. The Morgan fingerprint density at radius 1 is 1.31 bits per heavy atom. The van der Waals surface area contributed by atoms with Crippen LogP contribution in [-0.2, 0) is 0 Å². The van der Waals surface area contributed by atoms with E-state index in [1.165, 1.54) is 0 Å². The second-order valence-electron chi connectivity index (χ2n) is 3.76. The minimum atomic E-state index is 0.642. The topological polar surface area (TPSA) is 34.1 Å². The van der Waals surface area contributed by atoms with Crippen LogP contribution in [0.2, 0.25) is 0 Å².